The number of ether oxygens (including phenoxy) is 3. The molecule has 0 saturated heterocycles. The number of esters is 1. The number of thiophene rings is 1. The summed E-state index contributed by atoms with van der Waals surface area (Å²) >= 11 is 1.46. The number of carbonyl (C=O) groups is 1. The van der Waals surface area contributed by atoms with Crippen LogP contribution in [0, 0.1) is 12.3 Å². The van der Waals surface area contributed by atoms with Gasteiger partial charge >= 0.3 is 5.97 Å². The Balaban J connectivity index is 1.88. The first-order valence-corrected chi connectivity index (χ1v) is 8.48. The summed E-state index contributed by atoms with van der Waals surface area (Å²) in [5.74, 6) is 3.37. The van der Waals surface area contributed by atoms with E-state index in [0.717, 1.165) is 10.4 Å². The van der Waals surface area contributed by atoms with E-state index in [-0.39, 0.29) is 12.3 Å². The zero-order valence-corrected chi connectivity index (χ0v) is 14.3. The van der Waals surface area contributed by atoms with Crippen molar-refractivity contribution < 1.29 is 19.0 Å². The van der Waals surface area contributed by atoms with Crippen LogP contribution in [0.4, 0.5) is 0 Å². The van der Waals surface area contributed by atoms with Crippen LogP contribution in [0.15, 0.2) is 46.4 Å². The Labute approximate surface area is 149 Å². The number of hydrogen-bond acceptors (Lipinski definition) is 6. The van der Waals surface area contributed by atoms with E-state index in [1.807, 2.05) is 24.4 Å². The molecule has 0 saturated carbocycles. The molecule has 0 radical (unpaired) electrons. The van der Waals surface area contributed by atoms with Gasteiger partial charge in [-0.3, -0.25) is 0 Å². The van der Waals surface area contributed by atoms with Crippen molar-refractivity contribution in [2.75, 3.05) is 13.2 Å². The Kier molecular flexibility index (Phi) is 5.17. The van der Waals surface area contributed by atoms with E-state index in [2.05, 4.69) is 10.9 Å². The number of carbonyl (C=O) groups excluding carboxylic acids is 1. The van der Waals surface area contributed by atoms with Gasteiger partial charge in [0.05, 0.1) is 11.5 Å². The smallest absolute Gasteiger partial charge is 0.363 e. The second-order valence-electron chi connectivity index (χ2n) is 4.95. The van der Waals surface area contributed by atoms with Gasteiger partial charge < -0.3 is 14.2 Å². The molecule has 5 nitrogen and oxygen atoms in total. The van der Waals surface area contributed by atoms with Crippen LogP contribution >= 0.6 is 11.3 Å². The Hall–Kier alpha value is -3.04. The predicted molar refractivity (Wildman–Crippen MR) is 96.9 cm³/mol. The first kappa shape index (κ1) is 16.8. The molecule has 0 aliphatic carbocycles. The van der Waals surface area contributed by atoms with Crippen molar-refractivity contribution in [1.29, 1.82) is 0 Å². The lowest BCUT2D eigenvalue weighted by Crippen LogP contribution is -2.03. The average molecular weight is 353 g/mol. The number of nitrogens with zero attached hydrogens (tertiary/aromatic N) is 1. The molecular weight excluding hydrogens is 338 g/mol. The van der Waals surface area contributed by atoms with Crippen molar-refractivity contribution in [3.05, 3.63) is 51.8 Å². The molecule has 3 rings (SSSR count). The Morgan fingerprint density at radius 2 is 2.20 bits per heavy atom. The quantitative estimate of drug-likeness (QED) is 0.453. The summed E-state index contributed by atoms with van der Waals surface area (Å²) in [6, 6.07) is 9.05. The van der Waals surface area contributed by atoms with Crippen molar-refractivity contribution in [2.45, 2.75) is 6.92 Å². The Bertz CT molecular complexity index is 875. The van der Waals surface area contributed by atoms with Gasteiger partial charge in [0, 0.05) is 0 Å². The minimum absolute atomic E-state index is 0.154. The number of terminal acetylenes is 1. The van der Waals surface area contributed by atoms with E-state index < -0.39 is 5.97 Å². The molecule has 126 valence electrons. The molecule has 1 aliphatic heterocycles. The lowest BCUT2D eigenvalue weighted by Gasteiger charge is -2.10. The molecule has 0 fully saturated rings. The van der Waals surface area contributed by atoms with Crippen LogP contribution in [-0.2, 0) is 9.53 Å². The topological polar surface area (TPSA) is 57.1 Å². The molecule has 0 spiro atoms. The summed E-state index contributed by atoms with van der Waals surface area (Å²) in [6.07, 6.45) is 6.87. The standard InChI is InChI=1S/C19H15NO4S/c1-3-9-23-15-8-7-13(12-16(15)22-4-2)11-14-19(21)24-18(20-14)17-6-5-10-25-17/h1,5-8,10-12H,4,9H2,2H3/b14-11+. The highest BCUT2D eigenvalue weighted by atomic mass is 32.1. The molecule has 0 amide bonds. The summed E-state index contributed by atoms with van der Waals surface area (Å²) < 4.78 is 16.2. The third-order valence-corrected chi connectivity index (χ3v) is 4.09. The molecule has 0 bridgehead atoms. The third kappa shape index (κ3) is 3.90. The fourth-order valence-corrected chi connectivity index (χ4v) is 2.84. The summed E-state index contributed by atoms with van der Waals surface area (Å²) in [4.78, 5) is 17.1. The van der Waals surface area contributed by atoms with E-state index in [9.17, 15) is 4.79 Å². The summed E-state index contributed by atoms with van der Waals surface area (Å²) in [5, 5.41) is 1.90. The normalized spacial score (nSPS) is 14.8. The Morgan fingerprint density at radius 3 is 2.92 bits per heavy atom. The maximum atomic E-state index is 12.0. The lowest BCUT2D eigenvalue weighted by atomic mass is 10.1. The van der Waals surface area contributed by atoms with Gasteiger partial charge in [0.1, 0.15) is 6.61 Å². The van der Waals surface area contributed by atoms with Crippen LogP contribution in [0.3, 0.4) is 0 Å². The molecule has 0 N–H and O–H groups in total. The Morgan fingerprint density at radius 1 is 1.32 bits per heavy atom. The van der Waals surface area contributed by atoms with Crippen LogP contribution in [-0.4, -0.2) is 25.1 Å². The van der Waals surface area contributed by atoms with E-state index in [1.165, 1.54) is 11.3 Å². The van der Waals surface area contributed by atoms with Crippen LogP contribution in [0.5, 0.6) is 11.5 Å². The SMILES string of the molecule is C#CCOc1ccc(/C=C2/N=C(c3cccs3)OC2=O)cc1OCC. The zero-order chi connectivity index (χ0) is 17.6. The molecule has 1 aromatic carbocycles. The molecule has 1 aromatic heterocycles. The number of benzene rings is 1. The molecule has 0 unspecified atom stereocenters. The van der Waals surface area contributed by atoms with Crippen molar-refractivity contribution in [3.8, 4) is 23.8 Å². The lowest BCUT2D eigenvalue weighted by molar-refractivity contribution is -0.129. The van der Waals surface area contributed by atoms with Gasteiger partial charge in [-0.1, -0.05) is 18.1 Å². The summed E-state index contributed by atoms with van der Waals surface area (Å²) in [6.45, 7) is 2.51. The molecule has 2 aromatic rings. The second-order valence-corrected chi connectivity index (χ2v) is 5.89. The van der Waals surface area contributed by atoms with Gasteiger partial charge in [-0.05, 0) is 42.1 Å². The molecule has 1 aliphatic rings. The van der Waals surface area contributed by atoms with Gasteiger partial charge in [0.25, 0.3) is 0 Å². The monoisotopic (exact) mass is 353 g/mol. The second kappa shape index (κ2) is 7.69. The maximum absolute atomic E-state index is 12.0. The van der Waals surface area contributed by atoms with Gasteiger partial charge in [0.15, 0.2) is 17.2 Å². The minimum atomic E-state index is -0.478. The van der Waals surface area contributed by atoms with Crippen molar-refractivity contribution in [2.24, 2.45) is 4.99 Å². The van der Waals surface area contributed by atoms with E-state index in [4.69, 9.17) is 20.6 Å². The average Bonchev–Trinajstić information content (AvgIpc) is 3.25. The molecule has 6 heteroatoms. The van der Waals surface area contributed by atoms with Crippen LogP contribution in [0.2, 0.25) is 0 Å². The highest BCUT2D eigenvalue weighted by Crippen LogP contribution is 2.30. The highest BCUT2D eigenvalue weighted by Gasteiger charge is 2.24. The fourth-order valence-electron chi connectivity index (χ4n) is 2.19. The predicted octanol–water partition coefficient (Wildman–Crippen LogP) is 3.50. The number of hydrogen-bond donors (Lipinski definition) is 0. The number of aliphatic imine (C=N–C) groups is 1. The molecule has 25 heavy (non-hydrogen) atoms. The molecular formula is C19H15NO4S. The van der Waals surface area contributed by atoms with Crippen molar-refractivity contribution in [1.82, 2.24) is 0 Å². The van der Waals surface area contributed by atoms with Crippen LogP contribution < -0.4 is 9.47 Å². The number of rotatable bonds is 6. The van der Waals surface area contributed by atoms with Gasteiger partial charge in [-0.15, -0.1) is 17.8 Å². The van der Waals surface area contributed by atoms with E-state index in [1.54, 1.807) is 24.3 Å². The van der Waals surface area contributed by atoms with E-state index in [0.29, 0.717) is 24.0 Å². The van der Waals surface area contributed by atoms with Crippen LogP contribution in [0.1, 0.15) is 17.4 Å². The molecule has 2 heterocycles. The highest BCUT2D eigenvalue weighted by molar-refractivity contribution is 7.12. The largest absolute Gasteiger partial charge is 0.490 e. The maximum Gasteiger partial charge on any atom is 0.363 e. The summed E-state index contributed by atoms with van der Waals surface area (Å²) in [5.41, 5.74) is 0.989. The van der Waals surface area contributed by atoms with Crippen molar-refractivity contribution in [3.63, 3.8) is 0 Å². The van der Waals surface area contributed by atoms with Gasteiger partial charge in [-0.2, -0.15) is 0 Å². The van der Waals surface area contributed by atoms with E-state index >= 15 is 0 Å². The fraction of sp³-hybridized carbons (Fsp3) is 0.158. The van der Waals surface area contributed by atoms with Crippen LogP contribution in [0.25, 0.3) is 6.08 Å². The first-order chi connectivity index (χ1) is 12.2. The first-order valence-electron chi connectivity index (χ1n) is 7.61. The summed E-state index contributed by atoms with van der Waals surface area (Å²) in [7, 11) is 0. The van der Waals surface area contributed by atoms with Gasteiger partial charge in [0.2, 0.25) is 5.90 Å². The minimum Gasteiger partial charge on any atom is -0.490 e. The van der Waals surface area contributed by atoms with Crippen molar-refractivity contribution >= 4 is 29.3 Å². The number of cyclic esters (lactones) is 1. The third-order valence-electron chi connectivity index (χ3n) is 3.23. The van der Waals surface area contributed by atoms with Gasteiger partial charge in [-0.25, -0.2) is 9.79 Å². The molecule has 0 atom stereocenters. The zero-order valence-electron chi connectivity index (χ0n) is 13.5.